The van der Waals surface area contributed by atoms with Gasteiger partial charge < -0.3 is 5.32 Å². The van der Waals surface area contributed by atoms with E-state index in [0.29, 0.717) is 6.54 Å². The summed E-state index contributed by atoms with van der Waals surface area (Å²) in [6.45, 7) is 10.1. The van der Waals surface area contributed by atoms with Gasteiger partial charge in [0.05, 0.1) is 6.54 Å². The first-order valence-electron chi connectivity index (χ1n) is 6.11. The molecule has 0 aliphatic rings. The van der Waals surface area contributed by atoms with Gasteiger partial charge in [0.1, 0.15) is 0 Å². The molecule has 1 atom stereocenters. The summed E-state index contributed by atoms with van der Waals surface area (Å²) in [5.74, 6) is 0. The van der Waals surface area contributed by atoms with Gasteiger partial charge in [-0.25, -0.2) is 0 Å². The summed E-state index contributed by atoms with van der Waals surface area (Å²) in [6.07, 6.45) is -3.39. The van der Waals surface area contributed by atoms with Crippen molar-refractivity contribution >= 4 is 0 Å². The predicted molar refractivity (Wildman–Crippen MR) is 65.1 cm³/mol. The van der Waals surface area contributed by atoms with Gasteiger partial charge in [-0.3, -0.25) is 4.90 Å². The van der Waals surface area contributed by atoms with Crippen molar-refractivity contribution in [2.45, 2.75) is 58.8 Å². The van der Waals surface area contributed by atoms with Crippen LogP contribution in [0.5, 0.6) is 0 Å². The van der Waals surface area contributed by atoms with E-state index in [9.17, 15) is 13.2 Å². The fourth-order valence-corrected chi connectivity index (χ4v) is 1.65. The molecule has 0 saturated carbocycles. The first-order valence-corrected chi connectivity index (χ1v) is 6.11. The van der Waals surface area contributed by atoms with Crippen LogP contribution in [0.25, 0.3) is 0 Å². The summed E-state index contributed by atoms with van der Waals surface area (Å²) in [5, 5.41) is 3.29. The van der Waals surface area contributed by atoms with Crippen molar-refractivity contribution in [1.29, 1.82) is 0 Å². The number of rotatable bonds is 6. The number of halogens is 3. The molecule has 0 heterocycles. The summed E-state index contributed by atoms with van der Waals surface area (Å²) in [6, 6.07) is -0.0588. The van der Waals surface area contributed by atoms with Crippen molar-refractivity contribution in [3.63, 3.8) is 0 Å². The van der Waals surface area contributed by atoms with Crippen LogP contribution in [-0.4, -0.2) is 42.3 Å². The molecule has 0 aliphatic carbocycles. The second kappa shape index (κ2) is 6.59. The minimum atomic E-state index is -4.11. The monoisotopic (exact) mass is 254 g/mol. The highest BCUT2D eigenvalue weighted by molar-refractivity contribution is 4.74. The zero-order valence-electron chi connectivity index (χ0n) is 11.5. The van der Waals surface area contributed by atoms with Crippen molar-refractivity contribution in [1.82, 2.24) is 10.2 Å². The van der Waals surface area contributed by atoms with Crippen LogP contribution in [0, 0.1) is 0 Å². The Kier molecular flexibility index (Phi) is 6.48. The molecule has 104 valence electrons. The number of hydrogen-bond donors (Lipinski definition) is 1. The molecule has 17 heavy (non-hydrogen) atoms. The first-order chi connectivity index (χ1) is 7.55. The van der Waals surface area contributed by atoms with Crippen LogP contribution in [-0.2, 0) is 0 Å². The molecule has 2 nitrogen and oxygen atoms in total. The van der Waals surface area contributed by atoms with Gasteiger partial charge >= 0.3 is 6.18 Å². The maximum atomic E-state index is 12.3. The molecule has 0 spiro atoms. The Labute approximate surface area is 103 Å². The molecule has 1 unspecified atom stereocenters. The molecule has 0 bridgehead atoms. The van der Waals surface area contributed by atoms with Gasteiger partial charge in [0, 0.05) is 11.6 Å². The average Bonchev–Trinajstić information content (AvgIpc) is 2.10. The van der Waals surface area contributed by atoms with Gasteiger partial charge in [0.25, 0.3) is 0 Å². The molecule has 0 fully saturated rings. The van der Waals surface area contributed by atoms with Gasteiger partial charge in [0.15, 0.2) is 0 Å². The highest BCUT2D eigenvalue weighted by Gasteiger charge is 2.31. The summed E-state index contributed by atoms with van der Waals surface area (Å²) >= 11 is 0. The Morgan fingerprint density at radius 3 is 2.06 bits per heavy atom. The predicted octanol–water partition coefficient (Wildman–Crippen LogP) is 3.04. The molecule has 0 aromatic carbocycles. The zero-order valence-corrected chi connectivity index (χ0v) is 11.5. The third-order valence-electron chi connectivity index (χ3n) is 2.63. The first kappa shape index (κ1) is 16.7. The Balaban J connectivity index is 4.05. The van der Waals surface area contributed by atoms with Gasteiger partial charge in [-0.1, -0.05) is 6.92 Å². The molecule has 5 heteroatoms. The molecular weight excluding hydrogens is 229 g/mol. The molecule has 0 aromatic heterocycles. The second-order valence-corrected chi connectivity index (χ2v) is 5.49. The van der Waals surface area contributed by atoms with E-state index in [-0.39, 0.29) is 11.6 Å². The highest BCUT2D eigenvalue weighted by atomic mass is 19.4. The lowest BCUT2D eigenvalue weighted by molar-refractivity contribution is -0.149. The van der Waals surface area contributed by atoms with Crippen LogP contribution >= 0.6 is 0 Å². The van der Waals surface area contributed by atoms with Crippen molar-refractivity contribution in [3.05, 3.63) is 0 Å². The van der Waals surface area contributed by atoms with E-state index >= 15 is 0 Å². The lowest BCUT2D eigenvalue weighted by Gasteiger charge is -2.30. The molecule has 0 aromatic rings. The number of alkyl halides is 3. The quantitative estimate of drug-likeness (QED) is 0.783. The standard InChI is InChI=1S/C12H25F3N2/c1-6-17(9-12(13,14)15)10(2)7-8-16-11(3,4)5/h10,16H,6-9H2,1-5H3. The van der Waals surface area contributed by atoms with Gasteiger partial charge in [0.2, 0.25) is 0 Å². The van der Waals surface area contributed by atoms with Crippen molar-refractivity contribution < 1.29 is 13.2 Å². The highest BCUT2D eigenvalue weighted by Crippen LogP contribution is 2.18. The van der Waals surface area contributed by atoms with Crippen LogP contribution in [0.1, 0.15) is 41.0 Å². The van der Waals surface area contributed by atoms with Crippen LogP contribution in [0.2, 0.25) is 0 Å². The Morgan fingerprint density at radius 1 is 1.18 bits per heavy atom. The van der Waals surface area contributed by atoms with Gasteiger partial charge in [-0.2, -0.15) is 13.2 Å². The van der Waals surface area contributed by atoms with Crippen LogP contribution in [0.15, 0.2) is 0 Å². The van der Waals surface area contributed by atoms with Crippen LogP contribution < -0.4 is 5.32 Å². The minimum Gasteiger partial charge on any atom is -0.312 e. The lowest BCUT2D eigenvalue weighted by Crippen LogP contribution is -2.43. The van der Waals surface area contributed by atoms with E-state index in [2.05, 4.69) is 5.32 Å². The summed E-state index contributed by atoms with van der Waals surface area (Å²) in [4.78, 5) is 1.46. The van der Waals surface area contributed by atoms with E-state index in [0.717, 1.165) is 13.0 Å². The number of nitrogens with zero attached hydrogens (tertiary/aromatic N) is 1. The summed E-state index contributed by atoms with van der Waals surface area (Å²) in [5.41, 5.74) is 0.0147. The minimum absolute atomic E-state index is 0.0147. The third kappa shape index (κ3) is 9.41. The maximum absolute atomic E-state index is 12.3. The lowest BCUT2D eigenvalue weighted by atomic mass is 10.1. The van der Waals surface area contributed by atoms with Gasteiger partial charge in [-0.05, 0) is 47.2 Å². The van der Waals surface area contributed by atoms with Crippen molar-refractivity contribution in [2.75, 3.05) is 19.6 Å². The fourth-order valence-electron chi connectivity index (χ4n) is 1.65. The molecule has 0 amide bonds. The normalized spacial score (nSPS) is 15.4. The average molecular weight is 254 g/mol. The second-order valence-electron chi connectivity index (χ2n) is 5.49. The SMILES string of the molecule is CCN(CC(F)(F)F)C(C)CCNC(C)(C)C. The molecule has 0 saturated heterocycles. The number of hydrogen-bond acceptors (Lipinski definition) is 2. The van der Waals surface area contributed by atoms with E-state index in [4.69, 9.17) is 0 Å². The third-order valence-corrected chi connectivity index (χ3v) is 2.63. The summed E-state index contributed by atoms with van der Waals surface area (Å²) in [7, 11) is 0. The molecular formula is C12H25F3N2. The van der Waals surface area contributed by atoms with Crippen molar-refractivity contribution in [2.24, 2.45) is 0 Å². The van der Waals surface area contributed by atoms with Crippen LogP contribution in [0.3, 0.4) is 0 Å². The topological polar surface area (TPSA) is 15.3 Å². The van der Waals surface area contributed by atoms with E-state index in [1.807, 2.05) is 27.7 Å². The smallest absolute Gasteiger partial charge is 0.312 e. The maximum Gasteiger partial charge on any atom is 0.401 e. The molecule has 0 radical (unpaired) electrons. The number of nitrogens with one attached hydrogen (secondary N) is 1. The summed E-state index contributed by atoms with van der Waals surface area (Å²) < 4.78 is 36.9. The molecule has 0 aliphatic heterocycles. The largest absolute Gasteiger partial charge is 0.401 e. The van der Waals surface area contributed by atoms with E-state index in [1.165, 1.54) is 4.90 Å². The Morgan fingerprint density at radius 2 is 1.71 bits per heavy atom. The molecule has 0 rings (SSSR count). The van der Waals surface area contributed by atoms with Crippen LogP contribution in [0.4, 0.5) is 13.2 Å². The Hall–Kier alpha value is -0.290. The fraction of sp³-hybridized carbons (Fsp3) is 1.00. The zero-order chi connectivity index (χ0) is 13.7. The Bertz CT molecular complexity index is 209. The van der Waals surface area contributed by atoms with E-state index < -0.39 is 12.7 Å². The van der Waals surface area contributed by atoms with Gasteiger partial charge in [-0.15, -0.1) is 0 Å². The molecule has 1 N–H and O–H groups in total. The van der Waals surface area contributed by atoms with Crippen molar-refractivity contribution in [3.8, 4) is 0 Å². The van der Waals surface area contributed by atoms with E-state index in [1.54, 1.807) is 6.92 Å².